The van der Waals surface area contributed by atoms with Crippen molar-refractivity contribution in [2.45, 2.75) is 25.3 Å². The lowest BCUT2D eigenvalue weighted by atomic mass is 9.92. The van der Waals surface area contributed by atoms with E-state index in [1.807, 2.05) is 0 Å². The number of halogens is 1. The molecule has 0 aliphatic carbocycles. The predicted octanol–water partition coefficient (Wildman–Crippen LogP) is 3.10. The first kappa shape index (κ1) is 18.4. The van der Waals surface area contributed by atoms with Crippen LogP contribution in [0.15, 0.2) is 48.5 Å². The van der Waals surface area contributed by atoms with Crippen molar-refractivity contribution >= 4 is 11.9 Å². The largest absolute Gasteiger partial charge is 0.497 e. The van der Waals surface area contributed by atoms with E-state index in [9.17, 15) is 14.0 Å². The fourth-order valence-electron chi connectivity index (χ4n) is 2.53. The third-order valence-electron chi connectivity index (χ3n) is 3.87. The Morgan fingerprint density at radius 1 is 1.12 bits per heavy atom. The molecule has 0 aliphatic heterocycles. The maximum atomic E-state index is 13.6. The fourth-order valence-corrected chi connectivity index (χ4v) is 2.53. The standard InChI is InChI=1S/C19H20FNO4/c1-25-16-8-6-13(7-9-16)15(11-19(23)24)10-18(22)21-12-14-4-2-3-5-17(14)20/h2-9,15H,10-12H2,1H3,(H,21,22)(H,23,24)/t15-/m0/s1. The minimum atomic E-state index is -0.984. The number of benzene rings is 2. The van der Waals surface area contributed by atoms with Crippen molar-refractivity contribution in [2.75, 3.05) is 7.11 Å². The van der Waals surface area contributed by atoms with Crippen molar-refractivity contribution in [2.24, 2.45) is 0 Å². The molecular formula is C19H20FNO4. The van der Waals surface area contributed by atoms with Gasteiger partial charge >= 0.3 is 5.97 Å². The van der Waals surface area contributed by atoms with E-state index < -0.39 is 11.9 Å². The first-order chi connectivity index (χ1) is 12.0. The number of hydrogen-bond acceptors (Lipinski definition) is 3. The Hall–Kier alpha value is -2.89. The van der Waals surface area contributed by atoms with Crippen LogP contribution in [0, 0.1) is 5.82 Å². The van der Waals surface area contributed by atoms with Crippen molar-refractivity contribution in [1.82, 2.24) is 5.32 Å². The van der Waals surface area contributed by atoms with E-state index in [2.05, 4.69) is 5.32 Å². The van der Waals surface area contributed by atoms with E-state index in [0.29, 0.717) is 11.3 Å². The van der Waals surface area contributed by atoms with Gasteiger partial charge in [0, 0.05) is 24.4 Å². The monoisotopic (exact) mass is 345 g/mol. The molecule has 5 nitrogen and oxygen atoms in total. The molecule has 1 amide bonds. The maximum absolute atomic E-state index is 13.6. The number of rotatable bonds is 8. The Labute approximate surface area is 145 Å². The second-order valence-corrected chi connectivity index (χ2v) is 5.64. The number of hydrogen-bond donors (Lipinski definition) is 2. The van der Waals surface area contributed by atoms with Crippen LogP contribution in [0.2, 0.25) is 0 Å². The summed E-state index contributed by atoms with van der Waals surface area (Å²) >= 11 is 0. The first-order valence-electron chi connectivity index (χ1n) is 7.85. The van der Waals surface area contributed by atoms with Gasteiger partial charge in [-0.25, -0.2) is 4.39 Å². The summed E-state index contributed by atoms with van der Waals surface area (Å²) in [6, 6.07) is 13.1. The van der Waals surface area contributed by atoms with Crippen molar-refractivity contribution in [3.63, 3.8) is 0 Å². The molecule has 0 unspecified atom stereocenters. The van der Waals surface area contributed by atoms with Crippen LogP contribution in [0.5, 0.6) is 5.75 Å². The van der Waals surface area contributed by atoms with E-state index >= 15 is 0 Å². The van der Waals surface area contributed by atoms with Crippen molar-refractivity contribution in [3.8, 4) is 5.75 Å². The van der Waals surface area contributed by atoms with Gasteiger partial charge in [-0.05, 0) is 23.8 Å². The summed E-state index contributed by atoms with van der Waals surface area (Å²) < 4.78 is 18.6. The molecule has 0 radical (unpaired) electrons. The average molecular weight is 345 g/mol. The topological polar surface area (TPSA) is 75.6 Å². The SMILES string of the molecule is COc1ccc([C@H](CC(=O)O)CC(=O)NCc2ccccc2F)cc1. The van der Waals surface area contributed by atoms with Crippen LogP contribution in [-0.2, 0) is 16.1 Å². The minimum Gasteiger partial charge on any atom is -0.497 e. The van der Waals surface area contributed by atoms with E-state index in [4.69, 9.17) is 9.84 Å². The van der Waals surface area contributed by atoms with Crippen molar-refractivity contribution < 1.29 is 23.8 Å². The molecule has 1 atom stereocenters. The number of ether oxygens (including phenoxy) is 1. The summed E-state index contributed by atoms with van der Waals surface area (Å²) in [5.41, 5.74) is 1.12. The Morgan fingerprint density at radius 2 is 1.80 bits per heavy atom. The molecule has 0 aromatic heterocycles. The molecule has 2 aromatic rings. The zero-order chi connectivity index (χ0) is 18.2. The summed E-state index contributed by atoms with van der Waals surface area (Å²) in [4.78, 5) is 23.3. The van der Waals surface area contributed by atoms with Crippen LogP contribution in [0.4, 0.5) is 4.39 Å². The van der Waals surface area contributed by atoms with Gasteiger partial charge in [-0.1, -0.05) is 30.3 Å². The number of amides is 1. The lowest BCUT2D eigenvalue weighted by molar-refractivity contribution is -0.137. The van der Waals surface area contributed by atoms with Gasteiger partial charge in [0.2, 0.25) is 5.91 Å². The Kier molecular flexibility index (Phi) is 6.51. The van der Waals surface area contributed by atoms with Crippen molar-refractivity contribution in [3.05, 3.63) is 65.5 Å². The second-order valence-electron chi connectivity index (χ2n) is 5.64. The minimum absolute atomic E-state index is 0.00703. The zero-order valence-corrected chi connectivity index (χ0v) is 13.9. The molecule has 0 spiro atoms. The number of aliphatic carboxylic acids is 1. The highest BCUT2D eigenvalue weighted by molar-refractivity contribution is 5.78. The molecule has 0 saturated heterocycles. The number of methoxy groups -OCH3 is 1. The molecule has 0 fully saturated rings. The van der Waals surface area contributed by atoms with Gasteiger partial charge in [0.1, 0.15) is 11.6 Å². The highest BCUT2D eigenvalue weighted by atomic mass is 19.1. The van der Waals surface area contributed by atoms with Crippen molar-refractivity contribution in [1.29, 1.82) is 0 Å². The third kappa shape index (κ3) is 5.60. The second kappa shape index (κ2) is 8.82. The quantitative estimate of drug-likeness (QED) is 0.771. The van der Waals surface area contributed by atoms with Crippen LogP contribution in [0.25, 0.3) is 0 Å². The van der Waals surface area contributed by atoms with E-state index in [1.54, 1.807) is 49.6 Å². The number of carbonyl (C=O) groups is 2. The zero-order valence-electron chi connectivity index (χ0n) is 13.9. The molecule has 25 heavy (non-hydrogen) atoms. The lowest BCUT2D eigenvalue weighted by Crippen LogP contribution is -2.25. The summed E-state index contributed by atoms with van der Waals surface area (Å²) in [6.45, 7) is 0.0634. The smallest absolute Gasteiger partial charge is 0.303 e. The number of nitrogens with one attached hydrogen (secondary N) is 1. The number of carbonyl (C=O) groups excluding carboxylic acids is 1. The van der Waals surface area contributed by atoms with Gasteiger partial charge in [-0.3, -0.25) is 9.59 Å². The maximum Gasteiger partial charge on any atom is 0.303 e. The molecule has 2 rings (SSSR count). The predicted molar refractivity (Wildman–Crippen MR) is 90.9 cm³/mol. The average Bonchev–Trinajstić information content (AvgIpc) is 2.60. The van der Waals surface area contributed by atoms with Gasteiger partial charge in [-0.2, -0.15) is 0 Å². The van der Waals surface area contributed by atoms with Crippen LogP contribution in [0.1, 0.15) is 29.9 Å². The Morgan fingerprint density at radius 3 is 2.40 bits per heavy atom. The normalized spacial score (nSPS) is 11.6. The van der Waals surface area contributed by atoms with Gasteiger partial charge < -0.3 is 15.2 Å². The van der Waals surface area contributed by atoms with E-state index in [1.165, 1.54) is 6.07 Å². The van der Waals surface area contributed by atoms with Gasteiger partial charge in [0.05, 0.1) is 13.5 Å². The van der Waals surface area contributed by atoms with Gasteiger partial charge in [0.25, 0.3) is 0 Å². The molecule has 132 valence electrons. The van der Waals surface area contributed by atoms with Crippen LogP contribution < -0.4 is 10.1 Å². The Balaban J connectivity index is 2.01. The molecule has 0 bridgehead atoms. The molecular weight excluding hydrogens is 325 g/mol. The summed E-state index contributed by atoms with van der Waals surface area (Å²) in [5, 5.41) is 11.7. The van der Waals surface area contributed by atoms with E-state index in [0.717, 1.165) is 5.56 Å². The molecule has 0 aliphatic rings. The molecule has 2 N–H and O–H groups in total. The van der Waals surface area contributed by atoms with Crippen LogP contribution >= 0.6 is 0 Å². The molecule has 0 heterocycles. The Bertz CT molecular complexity index is 730. The summed E-state index contributed by atoms with van der Waals surface area (Å²) in [5.74, 6) is -1.51. The first-order valence-corrected chi connectivity index (χ1v) is 7.85. The number of carboxylic acid groups (broad SMARTS) is 1. The van der Waals surface area contributed by atoms with Gasteiger partial charge in [0.15, 0.2) is 0 Å². The third-order valence-corrected chi connectivity index (χ3v) is 3.87. The number of carboxylic acids is 1. The summed E-state index contributed by atoms with van der Waals surface area (Å²) in [6.07, 6.45) is -0.160. The lowest BCUT2D eigenvalue weighted by Gasteiger charge is -2.16. The highest BCUT2D eigenvalue weighted by Crippen LogP contribution is 2.25. The molecule has 6 heteroatoms. The van der Waals surface area contributed by atoms with Gasteiger partial charge in [-0.15, -0.1) is 0 Å². The van der Waals surface area contributed by atoms with Crippen LogP contribution in [0.3, 0.4) is 0 Å². The summed E-state index contributed by atoms with van der Waals surface area (Å²) in [7, 11) is 1.54. The fraction of sp³-hybridized carbons (Fsp3) is 0.263. The molecule has 0 saturated carbocycles. The van der Waals surface area contributed by atoms with Crippen LogP contribution in [-0.4, -0.2) is 24.1 Å². The molecule has 2 aromatic carbocycles. The highest BCUT2D eigenvalue weighted by Gasteiger charge is 2.19. The van der Waals surface area contributed by atoms with E-state index in [-0.39, 0.29) is 31.1 Å².